The van der Waals surface area contributed by atoms with Crippen LogP contribution in [0.1, 0.15) is 6.42 Å². The highest BCUT2D eigenvalue weighted by molar-refractivity contribution is 6.36. The summed E-state index contributed by atoms with van der Waals surface area (Å²) in [7, 11) is 0. The highest BCUT2D eigenvalue weighted by Crippen LogP contribution is 2.25. The summed E-state index contributed by atoms with van der Waals surface area (Å²) >= 11 is 11.8. The molecule has 0 aromatic heterocycles. The van der Waals surface area contributed by atoms with Gasteiger partial charge in [-0.15, -0.1) is 0 Å². The van der Waals surface area contributed by atoms with E-state index in [1.54, 1.807) is 12.1 Å². The zero-order valence-corrected chi connectivity index (χ0v) is 13.4. The van der Waals surface area contributed by atoms with Crippen molar-refractivity contribution in [1.29, 1.82) is 0 Å². The number of hydrogen-bond acceptors (Lipinski definition) is 3. The van der Waals surface area contributed by atoms with Crippen LogP contribution in [0.15, 0.2) is 18.2 Å². The van der Waals surface area contributed by atoms with E-state index in [1.165, 1.54) is 6.07 Å². The number of nitrogens with one attached hydrogen (secondary N) is 2. The maximum atomic E-state index is 12.1. The third-order valence-corrected chi connectivity index (χ3v) is 4.26. The molecule has 22 heavy (non-hydrogen) atoms. The van der Waals surface area contributed by atoms with Gasteiger partial charge in [0.25, 0.3) is 0 Å². The number of carboxylic acids is 1. The van der Waals surface area contributed by atoms with Gasteiger partial charge in [0.2, 0.25) is 5.91 Å². The molecule has 120 valence electrons. The van der Waals surface area contributed by atoms with Gasteiger partial charge in [-0.1, -0.05) is 23.2 Å². The van der Waals surface area contributed by atoms with E-state index in [1.807, 2.05) is 0 Å². The highest BCUT2D eigenvalue weighted by atomic mass is 35.5. The summed E-state index contributed by atoms with van der Waals surface area (Å²) in [5.74, 6) is -1.60. The Morgan fingerprint density at radius 3 is 2.59 bits per heavy atom. The van der Waals surface area contributed by atoms with Crippen LogP contribution >= 0.6 is 23.2 Å². The Balaban J connectivity index is 2.00. The Morgan fingerprint density at radius 2 is 2.00 bits per heavy atom. The molecule has 1 aliphatic rings. The SMILES string of the molecule is O=C(C[C@@H](C(=O)[O-])[NH+]1CC[NH2+]CC1)Nc1ccc(Cl)cc1Cl. The Morgan fingerprint density at radius 1 is 1.32 bits per heavy atom. The molecule has 0 bridgehead atoms. The van der Waals surface area contributed by atoms with Crippen LogP contribution in [0.25, 0.3) is 0 Å². The third kappa shape index (κ3) is 4.58. The fourth-order valence-electron chi connectivity index (χ4n) is 2.56. The molecular weight excluding hydrogens is 329 g/mol. The average molecular weight is 347 g/mol. The number of rotatable bonds is 5. The van der Waals surface area contributed by atoms with Crippen molar-refractivity contribution < 1.29 is 24.9 Å². The summed E-state index contributed by atoms with van der Waals surface area (Å²) in [4.78, 5) is 24.3. The molecule has 8 heteroatoms. The molecule has 4 N–H and O–H groups in total. The largest absolute Gasteiger partial charge is 0.544 e. The minimum atomic E-state index is -1.20. The number of piperazine rings is 1. The fraction of sp³-hybridized carbons (Fsp3) is 0.429. The number of carbonyl (C=O) groups is 2. The minimum absolute atomic E-state index is 0.142. The van der Waals surface area contributed by atoms with Crippen molar-refractivity contribution in [2.24, 2.45) is 0 Å². The smallest absolute Gasteiger partial charge is 0.230 e. The van der Waals surface area contributed by atoms with Crippen LogP contribution in [0.2, 0.25) is 10.0 Å². The van der Waals surface area contributed by atoms with Crippen molar-refractivity contribution in [3.63, 3.8) is 0 Å². The predicted molar refractivity (Wildman–Crippen MR) is 80.9 cm³/mol. The third-order valence-electron chi connectivity index (χ3n) is 3.71. The molecule has 0 saturated carbocycles. The van der Waals surface area contributed by atoms with Crippen molar-refractivity contribution in [3.05, 3.63) is 28.2 Å². The van der Waals surface area contributed by atoms with Crippen molar-refractivity contribution in [3.8, 4) is 0 Å². The van der Waals surface area contributed by atoms with E-state index in [-0.39, 0.29) is 6.42 Å². The predicted octanol–water partition coefficient (Wildman–Crippen LogP) is -2.10. The van der Waals surface area contributed by atoms with Crippen LogP contribution in [0, 0.1) is 0 Å². The number of amides is 1. The average Bonchev–Trinajstić information content (AvgIpc) is 2.48. The van der Waals surface area contributed by atoms with Crippen LogP contribution in [-0.4, -0.2) is 44.1 Å². The number of benzene rings is 1. The summed E-state index contributed by atoms with van der Waals surface area (Å²) in [5, 5.41) is 16.9. The number of carbonyl (C=O) groups excluding carboxylic acids is 2. The molecule has 0 unspecified atom stereocenters. The first-order valence-electron chi connectivity index (χ1n) is 7.09. The molecule has 1 heterocycles. The van der Waals surface area contributed by atoms with Gasteiger partial charge in [-0.25, -0.2) is 0 Å². The molecule has 0 spiro atoms. The number of carboxylic acid groups (broad SMARTS) is 1. The number of aliphatic carboxylic acids is 1. The van der Waals surface area contributed by atoms with Crippen LogP contribution in [-0.2, 0) is 9.59 Å². The van der Waals surface area contributed by atoms with Gasteiger partial charge >= 0.3 is 0 Å². The van der Waals surface area contributed by atoms with Gasteiger partial charge in [-0.3, -0.25) is 4.79 Å². The Kier molecular flexibility index (Phi) is 6.02. The lowest BCUT2D eigenvalue weighted by molar-refractivity contribution is -0.961. The summed E-state index contributed by atoms with van der Waals surface area (Å²) in [6.07, 6.45) is -0.142. The molecular formula is C14H18Cl2N3O3+. The maximum Gasteiger partial charge on any atom is 0.230 e. The van der Waals surface area contributed by atoms with Crippen molar-refractivity contribution >= 4 is 40.8 Å². The molecule has 6 nitrogen and oxygen atoms in total. The number of hydrogen-bond donors (Lipinski definition) is 3. The standard InChI is InChI=1S/C14H17Cl2N3O3/c15-9-1-2-11(10(16)7-9)18-13(20)8-12(14(21)22)19-5-3-17-4-6-19/h1-2,7,12,17H,3-6,8H2,(H,18,20)(H,21,22)/p+1/t12-/m0/s1. The maximum absolute atomic E-state index is 12.1. The summed E-state index contributed by atoms with van der Waals surface area (Å²) < 4.78 is 0. The molecule has 1 aliphatic heterocycles. The van der Waals surface area contributed by atoms with E-state index in [0.717, 1.165) is 18.0 Å². The number of nitrogens with two attached hydrogens (primary N) is 1. The highest BCUT2D eigenvalue weighted by Gasteiger charge is 2.29. The zero-order chi connectivity index (χ0) is 16.1. The molecule has 1 saturated heterocycles. The van der Waals surface area contributed by atoms with E-state index >= 15 is 0 Å². The monoisotopic (exact) mass is 346 g/mol. The first-order valence-corrected chi connectivity index (χ1v) is 7.85. The van der Waals surface area contributed by atoms with Crippen LogP contribution < -0.4 is 20.6 Å². The first-order chi connectivity index (χ1) is 10.5. The zero-order valence-electron chi connectivity index (χ0n) is 11.9. The van der Waals surface area contributed by atoms with Gasteiger partial charge in [0.15, 0.2) is 0 Å². The second-order valence-corrected chi connectivity index (χ2v) is 6.12. The second kappa shape index (κ2) is 7.78. The number of halogens is 2. The van der Waals surface area contributed by atoms with Gasteiger partial charge in [-0.05, 0) is 18.2 Å². The van der Waals surface area contributed by atoms with Crippen LogP contribution in [0.3, 0.4) is 0 Å². The summed E-state index contributed by atoms with van der Waals surface area (Å²) in [6, 6.07) is 3.85. The quantitative estimate of drug-likeness (QED) is 0.570. The van der Waals surface area contributed by atoms with Crippen molar-refractivity contribution in [2.75, 3.05) is 31.5 Å². The molecule has 1 aromatic carbocycles. The van der Waals surface area contributed by atoms with Crippen LogP contribution in [0.5, 0.6) is 0 Å². The lowest BCUT2D eigenvalue weighted by atomic mass is 10.1. The lowest BCUT2D eigenvalue weighted by Crippen LogP contribution is -3.24. The Bertz CT molecular complexity index is 562. The molecule has 1 amide bonds. The van der Waals surface area contributed by atoms with Crippen molar-refractivity contribution in [2.45, 2.75) is 12.5 Å². The number of anilines is 1. The van der Waals surface area contributed by atoms with Gasteiger partial charge in [0.1, 0.15) is 32.2 Å². The molecule has 1 atom stereocenters. The van der Waals surface area contributed by atoms with E-state index < -0.39 is 17.9 Å². The van der Waals surface area contributed by atoms with E-state index in [9.17, 15) is 14.7 Å². The molecule has 1 fully saturated rings. The van der Waals surface area contributed by atoms with E-state index in [0.29, 0.717) is 28.8 Å². The van der Waals surface area contributed by atoms with Gasteiger partial charge < -0.3 is 25.4 Å². The van der Waals surface area contributed by atoms with Gasteiger partial charge in [0.05, 0.1) is 23.1 Å². The lowest BCUT2D eigenvalue weighted by Gasteiger charge is -2.30. The molecule has 1 aromatic rings. The van der Waals surface area contributed by atoms with Gasteiger partial charge in [-0.2, -0.15) is 0 Å². The van der Waals surface area contributed by atoms with E-state index in [2.05, 4.69) is 10.6 Å². The fourth-order valence-corrected chi connectivity index (χ4v) is 3.02. The first kappa shape index (κ1) is 17.0. The normalized spacial score (nSPS) is 17.0. The van der Waals surface area contributed by atoms with E-state index in [4.69, 9.17) is 23.2 Å². The summed E-state index contributed by atoms with van der Waals surface area (Å²) in [5.41, 5.74) is 0.412. The summed E-state index contributed by atoms with van der Waals surface area (Å²) in [6.45, 7) is 3.11. The van der Waals surface area contributed by atoms with Crippen LogP contribution in [0.4, 0.5) is 5.69 Å². The minimum Gasteiger partial charge on any atom is -0.544 e. The molecule has 2 rings (SSSR count). The molecule has 0 radical (unpaired) electrons. The second-order valence-electron chi connectivity index (χ2n) is 5.27. The molecule has 0 aliphatic carbocycles. The van der Waals surface area contributed by atoms with Crippen molar-refractivity contribution in [1.82, 2.24) is 0 Å². The number of quaternary nitrogens is 2. The Labute approximate surface area is 138 Å². The van der Waals surface area contributed by atoms with Gasteiger partial charge in [0, 0.05) is 5.02 Å². The Hall–Kier alpha value is -1.34. The topological polar surface area (TPSA) is 90.3 Å².